The first-order valence-electron chi connectivity index (χ1n) is 9.94. The van der Waals surface area contributed by atoms with E-state index in [0.717, 1.165) is 33.9 Å². The summed E-state index contributed by atoms with van der Waals surface area (Å²) in [6.45, 7) is 5.80. The number of nitrogens with one attached hydrogen (secondary N) is 2. The minimum Gasteiger partial charge on any atom is -0.308 e. The van der Waals surface area contributed by atoms with Crippen molar-refractivity contribution in [3.05, 3.63) is 59.5 Å². The van der Waals surface area contributed by atoms with E-state index in [9.17, 15) is 8.42 Å². The van der Waals surface area contributed by atoms with Gasteiger partial charge < -0.3 is 5.32 Å². The van der Waals surface area contributed by atoms with E-state index in [1.165, 1.54) is 4.31 Å². The second-order valence-electron chi connectivity index (χ2n) is 7.49. The summed E-state index contributed by atoms with van der Waals surface area (Å²) in [6.07, 6.45) is 1.91. The molecule has 2 N–H and O–H groups in total. The van der Waals surface area contributed by atoms with E-state index in [1.54, 1.807) is 14.0 Å². The molecule has 1 aromatic carbocycles. The van der Waals surface area contributed by atoms with Crippen LogP contribution in [0, 0.1) is 13.8 Å². The Bertz CT molecular complexity index is 1340. The summed E-state index contributed by atoms with van der Waals surface area (Å²) in [7, 11) is -1.66. The molecule has 31 heavy (non-hydrogen) atoms. The fourth-order valence-corrected chi connectivity index (χ4v) is 4.13. The van der Waals surface area contributed by atoms with Crippen LogP contribution in [0.15, 0.2) is 42.6 Å². The van der Waals surface area contributed by atoms with Crippen molar-refractivity contribution in [3.8, 4) is 11.3 Å². The molecule has 0 saturated carbocycles. The zero-order chi connectivity index (χ0) is 22.2. The lowest BCUT2D eigenvalue weighted by Gasteiger charge is -2.16. The minimum absolute atomic E-state index is 0.0718. The van der Waals surface area contributed by atoms with E-state index in [-0.39, 0.29) is 5.75 Å². The third-order valence-corrected chi connectivity index (χ3v) is 6.80. The van der Waals surface area contributed by atoms with E-state index in [2.05, 4.69) is 20.5 Å². The molecule has 0 aliphatic carbocycles. The number of hydrogen-bond donors (Lipinski definition) is 2. The first-order chi connectivity index (χ1) is 14.7. The normalized spacial score (nSPS) is 12.0. The zero-order valence-corrected chi connectivity index (χ0v) is 18.7. The monoisotopic (exact) mass is 439 g/mol. The second-order valence-corrected chi connectivity index (χ2v) is 9.86. The predicted octanol–water partition coefficient (Wildman–Crippen LogP) is 3.26. The van der Waals surface area contributed by atoms with Crippen LogP contribution in [0.3, 0.4) is 0 Å². The van der Waals surface area contributed by atoms with E-state index in [1.807, 2.05) is 60.8 Å². The fraction of sp³-hybridized carbons (Fsp3) is 0.286. The van der Waals surface area contributed by atoms with Crippen LogP contribution in [-0.2, 0) is 16.6 Å². The van der Waals surface area contributed by atoms with Crippen LogP contribution in [0.2, 0.25) is 0 Å². The summed E-state index contributed by atoms with van der Waals surface area (Å²) < 4.78 is 27.5. The van der Waals surface area contributed by atoms with Gasteiger partial charge in [-0.2, -0.15) is 5.10 Å². The Labute approximate surface area is 181 Å². The molecular weight excluding hydrogens is 414 g/mol. The van der Waals surface area contributed by atoms with Gasteiger partial charge in [-0.05, 0) is 32.4 Å². The van der Waals surface area contributed by atoms with Gasteiger partial charge in [-0.15, -0.1) is 0 Å². The van der Waals surface area contributed by atoms with Gasteiger partial charge >= 0.3 is 0 Å². The quantitative estimate of drug-likeness (QED) is 0.458. The van der Waals surface area contributed by atoms with Gasteiger partial charge in [0, 0.05) is 43.2 Å². The summed E-state index contributed by atoms with van der Waals surface area (Å²) in [5.41, 5.74) is 5.07. The molecule has 162 valence electrons. The number of aryl methyl sites for hydroxylation is 2. The summed E-state index contributed by atoms with van der Waals surface area (Å²) in [4.78, 5) is 9.39. The highest BCUT2D eigenvalue weighted by Gasteiger charge is 2.16. The SMILES string of the molecule is CCS(=O)(=O)N(C)Cc1cccc(-c2cc3nc(C)cn3c(Nc3cc(C)[nH]n3)n2)c1. The topological polar surface area (TPSA) is 108 Å². The Morgan fingerprint density at radius 2 is 1.97 bits per heavy atom. The van der Waals surface area contributed by atoms with Gasteiger partial charge in [-0.1, -0.05) is 18.2 Å². The molecule has 0 unspecified atom stereocenters. The standard InChI is InChI=1S/C21H25N7O2S/c1-5-31(29,30)27(4)13-16-7-6-8-17(10-16)18-11-20-22-15(3)12-28(20)21(23-18)24-19-9-14(2)25-26-19/h6-12H,5,13H2,1-4H3,(H2,23,24,25,26). The number of rotatable bonds is 7. The lowest BCUT2D eigenvalue weighted by Crippen LogP contribution is -2.27. The molecule has 0 fully saturated rings. The van der Waals surface area contributed by atoms with Gasteiger partial charge in [0.05, 0.1) is 17.1 Å². The van der Waals surface area contributed by atoms with Gasteiger partial charge in [0.2, 0.25) is 16.0 Å². The van der Waals surface area contributed by atoms with Gasteiger partial charge in [0.1, 0.15) is 5.65 Å². The van der Waals surface area contributed by atoms with Gasteiger partial charge in [0.15, 0.2) is 5.82 Å². The van der Waals surface area contributed by atoms with E-state index >= 15 is 0 Å². The largest absolute Gasteiger partial charge is 0.308 e. The zero-order valence-electron chi connectivity index (χ0n) is 17.9. The maximum Gasteiger partial charge on any atom is 0.215 e. The van der Waals surface area contributed by atoms with Crippen molar-refractivity contribution in [2.24, 2.45) is 0 Å². The summed E-state index contributed by atoms with van der Waals surface area (Å²) >= 11 is 0. The number of sulfonamides is 1. The average molecular weight is 440 g/mol. The second kappa shape index (κ2) is 8.12. The highest BCUT2D eigenvalue weighted by Crippen LogP contribution is 2.25. The molecular formula is C21H25N7O2S. The molecule has 0 aliphatic rings. The number of imidazole rings is 1. The molecule has 0 atom stereocenters. The maximum atomic E-state index is 12.1. The molecule has 0 radical (unpaired) electrons. The Morgan fingerprint density at radius 1 is 1.16 bits per heavy atom. The van der Waals surface area contributed by atoms with Crippen molar-refractivity contribution < 1.29 is 8.42 Å². The molecule has 10 heteroatoms. The highest BCUT2D eigenvalue weighted by atomic mass is 32.2. The van der Waals surface area contributed by atoms with Gasteiger partial charge in [-0.25, -0.2) is 22.7 Å². The van der Waals surface area contributed by atoms with Crippen molar-refractivity contribution in [3.63, 3.8) is 0 Å². The van der Waals surface area contributed by atoms with Crippen LogP contribution in [0.25, 0.3) is 16.9 Å². The van der Waals surface area contributed by atoms with Crippen LogP contribution in [0.4, 0.5) is 11.8 Å². The minimum atomic E-state index is -3.25. The predicted molar refractivity (Wildman–Crippen MR) is 121 cm³/mol. The molecule has 0 spiro atoms. The molecule has 0 aliphatic heterocycles. The molecule has 4 aromatic rings. The number of nitrogens with zero attached hydrogens (tertiary/aromatic N) is 5. The average Bonchev–Trinajstić information content (AvgIpc) is 3.32. The van der Waals surface area contributed by atoms with Gasteiger partial charge in [0.25, 0.3) is 0 Å². The van der Waals surface area contributed by atoms with Crippen molar-refractivity contribution in [1.29, 1.82) is 0 Å². The molecule has 3 heterocycles. The number of aromatic amines is 1. The number of H-pyrrole nitrogens is 1. The summed E-state index contributed by atoms with van der Waals surface area (Å²) in [6, 6.07) is 11.5. The number of aromatic nitrogens is 5. The van der Waals surface area contributed by atoms with Crippen molar-refractivity contribution in [2.45, 2.75) is 27.3 Å². The molecule has 0 bridgehead atoms. The third kappa shape index (κ3) is 4.44. The first-order valence-corrected chi connectivity index (χ1v) is 11.5. The number of benzene rings is 1. The third-order valence-electron chi connectivity index (χ3n) is 4.99. The molecule has 4 rings (SSSR count). The number of hydrogen-bond acceptors (Lipinski definition) is 6. The van der Waals surface area contributed by atoms with E-state index in [4.69, 9.17) is 4.98 Å². The lowest BCUT2D eigenvalue weighted by molar-refractivity contribution is 0.468. The van der Waals surface area contributed by atoms with Crippen molar-refractivity contribution in [1.82, 2.24) is 28.9 Å². The van der Waals surface area contributed by atoms with E-state index in [0.29, 0.717) is 18.3 Å². The van der Waals surface area contributed by atoms with Crippen LogP contribution in [-0.4, -0.2) is 50.1 Å². The first kappa shape index (κ1) is 21.0. The van der Waals surface area contributed by atoms with Crippen molar-refractivity contribution >= 4 is 27.4 Å². The van der Waals surface area contributed by atoms with Crippen molar-refractivity contribution in [2.75, 3.05) is 18.1 Å². The lowest BCUT2D eigenvalue weighted by atomic mass is 10.1. The Morgan fingerprint density at radius 3 is 2.68 bits per heavy atom. The summed E-state index contributed by atoms with van der Waals surface area (Å²) in [5.74, 6) is 1.33. The van der Waals surface area contributed by atoms with Crippen LogP contribution in [0.1, 0.15) is 23.9 Å². The molecule has 0 saturated heterocycles. The Kier molecular flexibility index (Phi) is 5.50. The fourth-order valence-electron chi connectivity index (χ4n) is 3.35. The maximum absolute atomic E-state index is 12.1. The van der Waals surface area contributed by atoms with Crippen LogP contribution >= 0.6 is 0 Å². The molecule has 0 amide bonds. The molecule has 3 aromatic heterocycles. The van der Waals surface area contributed by atoms with E-state index < -0.39 is 10.0 Å². The highest BCUT2D eigenvalue weighted by molar-refractivity contribution is 7.89. The molecule has 9 nitrogen and oxygen atoms in total. The van der Waals surface area contributed by atoms with Crippen LogP contribution < -0.4 is 5.32 Å². The summed E-state index contributed by atoms with van der Waals surface area (Å²) in [5, 5.41) is 10.4. The Hall–Kier alpha value is -3.24. The number of anilines is 2. The van der Waals surface area contributed by atoms with Crippen LogP contribution in [0.5, 0.6) is 0 Å². The number of fused-ring (bicyclic) bond motifs is 1. The smallest absolute Gasteiger partial charge is 0.215 e. The Balaban J connectivity index is 1.72. The van der Waals surface area contributed by atoms with Gasteiger partial charge in [-0.3, -0.25) is 9.50 Å².